The number of halogens is 3. The van der Waals surface area contributed by atoms with Gasteiger partial charge < -0.3 is 9.47 Å². The molecule has 0 unspecified atom stereocenters. The molecule has 0 aliphatic heterocycles. The molecule has 8 heteroatoms. The van der Waals surface area contributed by atoms with Gasteiger partial charge in [0.25, 0.3) is 0 Å². The number of ketones is 2. The fraction of sp³-hybridized carbons (Fsp3) is 0.267. The molecule has 0 fully saturated rings. The molecule has 0 spiro atoms. The lowest BCUT2D eigenvalue weighted by atomic mass is 10.1. The Morgan fingerprint density at radius 3 is 2.13 bits per heavy atom. The number of benzene rings is 1. The van der Waals surface area contributed by atoms with Gasteiger partial charge in [0.05, 0.1) is 0 Å². The van der Waals surface area contributed by atoms with Gasteiger partial charge in [-0.25, -0.2) is 0 Å². The molecule has 1 rings (SSSR count). The molecule has 0 radical (unpaired) electrons. The summed E-state index contributed by atoms with van der Waals surface area (Å²) in [7, 11) is 0. The van der Waals surface area contributed by atoms with E-state index >= 15 is 0 Å². The second-order valence-corrected chi connectivity index (χ2v) is 4.54. The molecule has 0 bridgehead atoms. The molecule has 0 aliphatic carbocycles. The van der Waals surface area contributed by atoms with Gasteiger partial charge in [-0.15, -0.1) is 13.2 Å². The maximum absolute atomic E-state index is 12.0. The predicted octanol–water partition coefficient (Wildman–Crippen LogP) is 3.19. The zero-order chi connectivity index (χ0) is 17.6. The summed E-state index contributed by atoms with van der Waals surface area (Å²) in [6, 6.07) is 4.27. The van der Waals surface area contributed by atoms with Crippen molar-refractivity contribution in [1.82, 2.24) is 0 Å². The maximum atomic E-state index is 12.0. The molecule has 0 saturated heterocycles. The van der Waals surface area contributed by atoms with Crippen LogP contribution in [0.3, 0.4) is 0 Å². The Hall–Kier alpha value is -2.64. The van der Waals surface area contributed by atoms with Crippen LogP contribution < -0.4 is 4.74 Å². The molecule has 0 saturated carbocycles. The second-order valence-electron chi connectivity index (χ2n) is 4.54. The molecule has 124 valence electrons. The monoisotopic (exact) mass is 330 g/mol. The number of allylic oxidation sites excluding steroid dienone is 2. The number of alkyl halides is 3. The second kappa shape index (κ2) is 7.57. The third kappa shape index (κ3) is 7.25. The van der Waals surface area contributed by atoms with Crippen LogP contribution in [0.4, 0.5) is 13.2 Å². The van der Waals surface area contributed by atoms with Crippen molar-refractivity contribution in [1.29, 1.82) is 0 Å². The Kier molecular flexibility index (Phi) is 6.06. The van der Waals surface area contributed by atoms with E-state index in [-0.39, 0.29) is 17.1 Å². The molecule has 0 aliphatic rings. The van der Waals surface area contributed by atoms with E-state index in [0.29, 0.717) is 0 Å². The van der Waals surface area contributed by atoms with Gasteiger partial charge >= 0.3 is 12.3 Å². The first kappa shape index (κ1) is 18.4. The number of carbonyl (C=O) groups excluding carboxylic acids is 3. The summed E-state index contributed by atoms with van der Waals surface area (Å²) in [6.07, 6.45) is -4.23. The zero-order valence-electron chi connectivity index (χ0n) is 12.3. The van der Waals surface area contributed by atoms with Crippen molar-refractivity contribution in [3.8, 4) is 5.75 Å². The lowest BCUT2D eigenvalue weighted by Crippen LogP contribution is -2.17. The topological polar surface area (TPSA) is 69.7 Å². The Labute approximate surface area is 129 Å². The van der Waals surface area contributed by atoms with Gasteiger partial charge in [-0.05, 0) is 38.1 Å². The minimum Gasteiger partial charge on any atom is -0.431 e. The van der Waals surface area contributed by atoms with Gasteiger partial charge in [0.1, 0.15) is 23.7 Å². The lowest BCUT2D eigenvalue weighted by Gasteiger charge is -2.08. The molecular weight excluding hydrogens is 317 g/mol. The highest BCUT2D eigenvalue weighted by Crippen LogP contribution is 2.23. The van der Waals surface area contributed by atoms with Crippen LogP contribution in [0.2, 0.25) is 0 Å². The minimum atomic E-state index is -4.81. The molecule has 0 atom stereocenters. The SMILES string of the molecule is CC(=O)CC(=O)O/C(C)=C\C(=O)c1ccc(OC(F)(F)F)cc1. The van der Waals surface area contributed by atoms with Gasteiger partial charge in [0, 0.05) is 11.6 Å². The highest BCUT2D eigenvalue weighted by atomic mass is 19.4. The summed E-state index contributed by atoms with van der Waals surface area (Å²) in [5.74, 6) is -2.24. The molecular formula is C15H13F3O5. The van der Waals surface area contributed by atoms with E-state index < -0.39 is 30.3 Å². The maximum Gasteiger partial charge on any atom is 0.573 e. The van der Waals surface area contributed by atoms with Crippen LogP contribution in [0.25, 0.3) is 0 Å². The fourth-order valence-corrected chi connectivity index (χ4v) is 1.54. The van der Waals surface area contributed by atoms with E-state index in [1.807, 2.05) is 0 Å². The summed E-state index contributed by atoms with van der Waals surface area (Å²) in [6.45, 7) is 2.56. The van der Waals surface area contributed by atoms with E-state index in [4.69, 9.17) is 4.74 Å². The van der Waals surface area contributed by atoms with Gasteiger partial charge in [0.2, 0.25) is 0 Å². The summed E-state index contributed by atoms with van der Waals surface area (Å²) >= 11 is 0. The van der Waals surface area contributed by atoms with Crippen molar-refractivity contribution in [2.24, 2.45) is 0 Å². The van der Waals surface area contributed by atoms with Gasteiger partial charge in [-0.3, -0.25) is 14.4 Å². The van der Waals surface area contributed by atoms with E-state index in [1.165, 1.54) is 13.8 Å². The molecule has 0 aromatic heterocycles. The van der Waals surface area contributed by atoms with Crippen LogP contribution in [0.15, 0.2) is 36.1 Å². The predicted molar refractivity (Wildman–Crippen MR) is 72.6 cm³/mol. The number of hydrogen-bond acceptors (Lipinski definition) is 5. The van der Waals surface area contributed by atoms with Crippen molar-refractivity contribution >= 4 is 17.5 Å². The summed E-state index contributed by atoms with van der Waals surface area (Å²) < 4.78 is 44.5. The average molecular weight is 330 g/mol. The van der Waals surface area contributed by atoms with Crippen LogP contribution in [-0.2, 0) is 14.3 Å². The van der Waals surface area contributed by atoms with Crippen molar-refractivity contribution in [2.45, 2.75) is 26.6 Å². The first-order valence-electron chi connectivity index (χ1n) is 6.35. The number of Topliss-reactive ketones (excluding diaryl/α,β-unsaturated/α-hetero) is 1. The van der Waals surface area contributed by atoms with Crippen molar-refractivity contribution in [3.05, 3.63) is 41.7 Å². The molecule has 23 heavy (non-hydrogen) atoms. The number of esters is 1. The zero-order valence-corrected chi connectivity index (χ0v) is 12.3. The molecule has 5 nitrogen and oxygen atoms in total. The number of ether oxygens (including phenoxy) is 2. The minimum absolute atomic E-state index is 0.0307. The Morgan fingerprint density at radius 1 is 1.09 bits per heavy atom. The Bertz CT molecular complexity index is 630. The highest BCUT2D eigenvalue weighted by molar-refractivity contribution is 6.05. The third-order valence-electron chi connectivity index (χ3n) is 2.37. The Morgan fingerprint density at radius 2 is 1.65 bits per heavy atom. The van der Waals surface area contributed by atoms with Gasteiger partial charge in [0.15, 0.2) is 5.78 Å². The largest absolute Gasteiger partial charge is 0.573 e. The normalized spacial score (nSPS) is 11.8. The fourth-order valence-electron chi connectivity index (χ4n) is 1.54. The Balaban J connectivity index is 2.72. The van der Waals surface area contributed by atoms with E-state index in [0.717, 1.165) is 30.3 Å². The quantitative estimate of drug-likeness (QED) is 0.263. The van der Waals surface area contributed by atoms with Crippen LogP contribution in [-0.4, -0.2) is 23.9 Å². The number of carbonyl (C=O) groups is 3. The standard InChI is InChI=1S/C15H13F3O5/c1-9(19)7-14(21)22-10(2)8-13(20)11-3-5-12(6-4-11)23-15(16,17)18/h3-6,8H,7H2,1-2H3/b10-8-. The van der Waals surface area contributed by atoms with Crippen LogP contribution in [0, 0.1) is 0 Å². The number of rotatable bonds is 6. The van der Waals surface area contributed by atoms with Crippen LogP contribution >= 0.6 is 0 Å². The first-order chi connectivity index (χ1) is 10.6. The van der Waals surface area contributed by atoms with Crippen molar-refractivity contribution in [2.75, 3.05) is 0 Å². The average Bonchev–Trinajstić information content (AvgIpc) is 2.35. The van der Waals surface area contributed by atoms with Crippen molar-refractivity contribution < 1.29 is 37.0 Å². The molecule has 1 aromatic carbocycles. The lowest BCUT2D eigenvalue weighted by molar-refractivity contribution is -0.274. The summed E-state index contributed by atoms with van der Waals surface area (Å²) in [4.78, 5) is 33.8. The highest BCUT2D eigenvalue weighted by Gasteiger charge is 2.31. The molecule has 0 N–H and O–H groups in total. The third-order valence-corrected chi connectivity index (χ3v) is 2.37. The number of hydrogen-bond donors (Lipinski definition) is 0. The molecule has 1 aromatic rings. The molecule has 0 amide bonds. The van der Waals surface area contributed by atoms with E-state index in [9.17, 15) is 27.6 Å². The van der Waals surface area contributed by atoms with Gasteiger partial charge in [-0.2, -0.15) is 0 Å². The first-order valence-corrected chi connectivity index (χ1v) is 6.35. The van der Waals surface area contributed by atoms with Gasteiger partial charge in [-0.1, -0.05) is 0 Å². The smallest absolute Gasteiger partial charge is 0.431 e. The molecule has 0 heterocycles. The summed E-state index contributed by atoms with van der Waals surface area (Å²) in [5.41, 5.74) is 0.0847. The van der Waals surface area contributed by atoms with Crippen molar-refractivity contribution in [3.63, 3.8) is 0 Å². The van der Waals surface area contributed by atoms with Crippen LogP contribution in [0.1, 0.15) is 30.6 Å². The van der Waals surface area contributed by atoms with E-state index in [1.54, 1.807) is 0 Å². The summed E-state index contributed by atoms with van der Waals surface area (Å²) in [5, 5.41) is 0. The van der Waals surface area contributed by atoms with E-state index in [2.05, 4.69) is 4.74 Å². The van der Waals surface area contributed by atoms with Crippen LogP contribution in [0.5, 0.6) is 5.75 Å².